The molecule has 0 aliphatic rings. The van der Waals surface area contributed by atoms with E-state index in [-0.39, 0.29) is 0 Å². The standard InChI is InChI=1S/C16H17Br/c17-13-6-2-1-3-8-14-10-7-11-15-9-4-5-12-16(14)15/h1-2,4-5,7,9-12H,3,6,8,13H2. The number of rotatable bonds is 5. The number of aryl methyl sites for hydroxylation is 1. The molecular weight excluding hydrogens is 272 g/mol. The molecule has 0 amide bonds. The maximum atomic E-state index is 3.43. The Labute approximate surface area is 111 Å². The fourth-order valence-corrected chi connectivity index (χ4v) is 2.31. The van der Waals surface area contributed by atoms with E-state index in [1.165, 1.54) is 16.3 Å². The van der Waals surface area contributed by atoms with Gasteiger partial charge in [0, 0.05) is 5.33 Å². The molecule has 17 heavy (non-hydrogen) atoms. The van der Waals surface area contributed by atoms with Crippen LogP contribution in [0.25, 0.3) is 10.8 Å². The van der Waals surface area contributed by atoms with Crippen LogP contribution in [-0.4, -0.2) is 5.33 Å². The number of benzene rings is 2. The predicted octanol–water partition coefficient (Wildman–Crippen LogP) is 5.11. The molecular formula is C16H17Br. The molecule has 0 aromatic heterocycles. The summed E-state index contributed by atoms with van der Waals surface area (Å²) in [6, 6.07) is 15.2. The molecule has 1 heteroatoms. The van der Waals surface area contributed by atoms with Crippen LogP contribution >= 0.6 is 15.9 Å². The van der Waals surface area contributed by atoms with Gasteiger partial charge in [0.25, 0.3) is 0 Å². The van der Waals surface area contributed by atoms with E-state index in [1.54, 1.807) is 0 Å². The molecule has 88 valence electrons. The van der Waals surface area contributed by atoms with Crippen LogP contribution in [0.3, 0.4) is 0 Å². The van der Waals surface area contributed by atoms with Crippen LogP contribution in [0.2, 0.25) is 0 Å². The summed E-state index contributed by atoms with van der Waals surface area (Å²) in [5.74, 6) is 0. The van der Waals surface area contributed by atoms with Crippen LogP contribution in [0, 0.1) is 0 Å². The van der Waals surface area contributed by atoms with Crippen molar-refractivity contribution in [2.75, 3.05) is 5.33 Å². The first-order valence-corrected chi connectivity index (χ1v) is 7.21. The van der Waals surface area contributed by atoms with Gasteiger partial charge in [0.1, 0.15) is 0 Å². The van der Waals surface area contributed by atoms with E-state index in [0.29, 0.717) is 0 Å². The molecule has 0 unspecified atom stereocenters. The number of hydrogen-bond acceptors (Lipinski definition) is 0. The monoisotopic (exact) mass is 288 g/mol. The fourth-order valence-electron chi connectivity index (χ4n) is 2.05. The van der Waals surface area contributed by atoms with Crippen LogP contribution < -0.4 is 0 Å². The Morgan fingerprint density at radius 1 is 0.882 bits per heavy atom. The quantitative estimate of drug-likeness (QED) is 0.530. The molecule has 0 spiro atoms. The average molecular weight is 289 g/mol. The Morgan fingerprint density at radius 3 is 2.53 bits per heavy atom. The van der Waals surface area contributed by atoms with Crippen molar-refractivity contribution in [3.8, 4) is 0 Å². The van der Waals surface area contributed by atoms with Gasteiger partial charge in [-0.15, -0.1) is 0 Å². The Morgan fingerprint density at radius 2 is 1.65 bits per heavy atom. The molecule has 2 rings (SSSR count). The highest BCUT2D eigenvalue weighted by atomic mass is 79.9. The Hall–Kier alpha value is -1.08. The van der Waals surface area contributed by atoms with Crippen molar-refractivity contribution in [2.24, 2.45) is 0 Å². The van der Waals surface area contributed by atoms with Crippen molar-refractivity contribution >= 4 is 26.7 Å². The Balaban J connectivity index is 2.08. The van der Waals surface area contributed by atoms with Crippen LogP contribution in [0.5, 0.6) is 0 Å². The van der Waals surface area contributed by atoms with E-state index >= 15 is 0 Å². The lowest BCUT2D eigenvalue weighted by molar-refractivity contribution is 1.00. The van der Waals surface area contributed by atoms with Crippen molar-refractivity contribution in [3.63, 3.8) is 0 Å². The van der Waals surface area contributed by atoms with Gasteiger partial charge in [-0.2, -0.15) is 0 Å². The van der Waals surface area contributed by atoms with E-state index in [9.17, 15) is 0 Å². The second-order valence-corrected chi connectivity index (χ2v) is 4.92. The molecule has 0 aliphatic heterocycles. The molecule has 0 aliphatic carbocycles. The summed E-state index contributed by atoms with van der Waals surface area (Å²) in [5, 5.41) is 3.79. The first-order chi connectivity index (χ1) is 8.42. The minimum Gasteiger partial charge on any atom is -0.0925 e. The molecule has 2 aromatic rings. The second kappa shape index (κ2) is 6.61. The molecule has 0 atom stereocenters. The van der Waals surface area contributed by atoms with Gasteiger partial charge in [-0.25, -0.2) is 0 Å². The van der Waals surface area contributed by atoms with Crippen LogP contribution in [0.4, 0.5) is 0 Å². The maximum Gasteiger partial charge on any atom is 0.00659 e. The number of allylic oxidation sites excluding steroid dienone is 2. The van der Waals surface area contributed by atoms with Gasteiger partial charge in [-0.3, -0.25) is 0 Å². The first-order valence-electron chi connectivity index (χ1n) is 6.09. The minimum absolute atomic E-state index is 1.05. The summed E-state index contributed by atoms with van der Waals surface area (Å²) >= 11 is 3.43. The third-order valence-corrected chi connectivity index (χ3v) is 3.36. The summed E-state index contributed by atoms with van der Waals surface area (Å²) in [4.78, 5) is 0. The number of hydrogen-bond donors (Lipinski definition) is 0. The average Bonchev–Trinajstić information content (AvgIpc) is 2.39. The number of alkyl halides is 1. The van der Waals surface area contributed by atoms with E-state index in [4.69, 9.17) is 0 Å². The maximum absolute atomic E-state index is 3.43. The highest BCUT2D eigenvalue weighted by Gasteiger charge is 1.98. The summed E-state index contributed by atoms with van der Waals surface area (Å²) < 4.78 is 0. The van der Waals surface area contributed by atoms with Crippen molar-refractivity contribution in [2.45, 2.75) is 19.3 Å². The van der Waals surface area contributed by atoms with E-state index in [0.717, 1.165) is 24.6 Å². The van der Waals surface area contributed by atoms with Crippen molar-refractivity contribution in [3.05, 3.63) is 60.2 Å². The van der Waals surface area contributed by atoms with Gasteiger partial charge in [0.05, 0.1) is 0 Å². The van der Waals surface area contributed by atoms with Crippen LogP contribution in [0.1, 0.15) is 18.4 Å². The summed E-state index contributed by atoms with van der Waals surface area (Å²) in [6.07, 6.45) is 7.90. The molecule has 0 saturated carbocycles. The van der Waals surface area contributed by atoms with Crippen molar-refractivity contribution in [1.82, 2.24) is 0 Å². The third-order valence-electron chi connectivity index (χ3n) is 2.90. The normalized spacial score (nSPS) is 11.4. The predicted molar refractivity (Wildman–Crippen MR) is 79.8 cm³/mol. The van der Waals surface area contributed by atoms with Gasteiger partial charge in [-0.05, 0) is 35.6 Å². The minimum atomic E-state index is 1.05. The zero-order valence-corrected chi connectivity index (χ0v) is 11.5. The van der Waals surface area contributed by atoms with Gasteiger partial charge in [0.15, 0.2) is 0 Å². The highest BCUT2D eigenvalue weighted by molar-refractivity contribution is 9.09. The smallest absolute Gasteiger partial charge is 0.00659 e. The van der Waals surface area contributed by atoms with E-state index in [1.807, 2.05) is 0 Å². The van der Waals surface area contributed by atoms with E-state index in [2.05, 4.69) is 70.5 Å². The van der Waals surface area contributed by atoms with Crippen molar-refractivity contribution in [1.29, 1.82) is 0 Å². The van der Waals surface area contributed by atoms with Crippen LogP contribution in [-0.2, 0) is 6.42 Å². The lowest BCUT2D eigenvalue weighted by Crippen LogP contribution is -1.85. The number of fused-ring (bicyclic) bond motifs is 1. The molecule has 0 saturated heterocycles. The lowest BCUT2D eigenvalue weighted by Gasteiger charge is -2.04. The molecule has 0 heterocycles. The lowest BCUT2D eigenvalue weighted by atomic mass is 10.0. The largest absolute Gasteiger partial charge is 0.0925 e. The van der Waals surface area contributed by atoms with Gasteiger partial charge in [-0.1, -0.05) is 70.5 Å². The fraction of sp³-hybridized carbons (Fsp3) is 0.250. The Bertz CT molecular complexity index is 494. The van der Waals surface area contributed by atoms with Gasteiger partial charge in [0.2, 0.25) is 0 Å². The zero-order chi connectivity index (χ0) is 11.9. The highest BCUT2D eigenvalue weighted by Crippen LogP contribution is 2.19. The molecule has 0 fully saturated rings. The topological polar surface area (TPSA) is 0 Å². The van der Waals surface area contributed by atoms with Gasteiger partial charge < -0.3 is 0 Å². The Kier molecular flexibility index (Phi) is 4.81. The first kappa shape index (κ1) is 12.4. The second-order valence-electron chi connectivity index (χ2n) is 4.13. The molecule has 2 aromatic carbocycles. The molecule has 0 bridgehead atoms. The third kappa shape index (κ3) is 3.44. The van der Waals surface area contributed by atoms with E-state index < -0.39 is 0 Å². The summed E-state index contributed by atoms with van der Waals surface area (Å²) in [6.45, 7) is 0. The molecule has 0 nitrogen and oxygen atoms in total. The summed E-state index contributed by atoms with van der Waals surface area (Å²) in [5.41, 5.74) is 1.45. The summed E-state index contributed by atoms with van der Waals surface area (Å²) in [7, 11) is 0. The van der Waals surface area contributed by atoms with Gasteiger partial charge >= 0.3 is 0 Å². The van der Waals surface area contributed by atoms with Crippen LogP contribution in [0.15, 0.2) is 54.6 Å². The number of halogens is 1. The van der Waals surface area contributed by atoms with Crippen molar-refractivity contribution < 1.29 is 0 Å². The zero-order valence-electron chi connectivity index (χ0n) is 9.90. The SMILES string of the molecule is BrCCC=CCCc1cccc2ccccc12. The molecule has 0 N–H and O–H groups in total. The molecule has 0 radical (unpaired) electrons.